The van der Waals surface area contributed by atoms with E-state index >= 15 is 0 Å². The molecule has 2 atom stereocenters. The molecule has 1 saturated heterocycles. The van der Waals surface area contributed by atoms with E-state index in [1.165, 1.54) is 25.0 Å². The molecule has 6 rings (SSSR count). The molecule has 1 aliphatic carbocycles. The molecule has 0 spiro atoms. The minimum atomic E-state index is -0.684. The average molecular weight is 477 g/mol. The predicted molar refractivity (Wildman–Crippen MR) is 128 cm³/mol. The van der Waals surface area contributed by atoms with Gasteiger partial charge in [-0.15, -0.1) is 0 Å². The number of benzene rings is 1. The van der Waals surface area contributed by atoms with Crippen LogP contribution >= 0.6 is 0 Å². The second-order valence-electron chi connectivity index (χ2n) is 9.54. The largest absolute Gasteiger partial charge is 0.367 e. The summed E-state index contributed by atoms with van der Waals surface area (Å²) in [4.78, 5) is 16.4. The molecule has 7 nitrogen and oxygen atoms in total. The van der Waals surface area contributed by atoms with Gasteiger partial charge in [-0.3, -0.25) is 4.68 Å². The highest BCUT2D eigenvalue weighted by atomic mass is 19.1. The first-order chi connectivity index (χ1) is 16.9. The Balaban J connectivity index is 1.43. The molecule has 1 aromatic carbocycles. The fourth-order valence-corrected chi connectivity index (χ4v) is 4.63. The van der Waals surface area contributed by atoms with Gasteiger partial charge in [0.1, 0.15) is 34.8 Å². The number of aromatic nitrogens is 5. The lowest BCUT2D eigenvalue weighted by molar-refractivity contribution is -0.0176. The average Bonchev–Trinajstić information content (AvgIpc) is 3.55. The van der Waals surface area contributed by atoms with Crippen LogP contribution in [0.2, 0.25) is 0 Å². The highest BCUT2D eigenvalue weighted by Gasteiger charge is 2.31. The van der Waals surface area contributed by atoms with E-state index in [2.05, 4.69) is 21.2 Å². The summed E-state index contributed by atoms with van der Waals surface area (Å²) in [5, 5.41) is 4.52. The summed E-state index contributed by atoms with van der Waals surface area (Å²) in [6.45, 7) is 6.97. The van der Waals surface area contributed by atoms with E-state index in [4.69, 9.17) is 14.7 Å². The maximum absolute atomic E-state index is 14.9. The van der Waals surface area contributed by atoms with E-state index in [9.17, 15) is 8.78 Å². The second kappa shape index (κ2) is 8.34. The number of ether oxygens (including phenoxy) is 1. The van der Waals surface area contributed by atoms with Gasteiger partial charge in [0.2, 0.25) is 0 Å². The first-order valence-corrected chi connectivity index (χ1v) is 11.9. The van der Waals surface area contributed by atoms with E-state index in [-0.39, 0.29) is 17.8 Å². The molecule has 4 heterocycles. The van der Waals surface area contributed by atoms with Crippen LogP contribution in [0.1, 0.15) is 48.9 Å². The number of anilines is 1. The molecule has 0 bridgehead atoms. The summed E-state index contributed by atoms with van der Waals surface area (Å²) in [5.74, 6) is -0.665. The van der Waals surface area contributed by atoms with Gasteiger partial charge in [0.15, 0.2) is 0 Å². The van der Waals surface area contributed by atoms with Crippen molar-refractivity contribution < 1.29 is 13.5 Å². The summed E-state index contributed by atoms with van der Waals surface area (Å²) in [5.41, 5.74) is 4.22. The van der Waals surface area contributed by atoms with Crippen LogP contribution in [0.4, 0.5) is 14.6 Å². The first-order valence-electron chi connectivity index (χ1n) is 11.9. The monoisotopic (exact) mass is 476 g/mol. The molecule has 2 aliphatic rings. The van der Waals surface area contributed by atoms with Gasteiger partial charge in [-0.2, -0.15) is 5.10 Å². The Morgan fingerprint density at radius 1 is 1.00 bits per heavy atom. The van der Waals surface area contributed by atoms with Crippen LogP contribution in [0.5, 0.6) is 0 Å². The summed E-state index contributed by atoms with van der Waals surface area (Å²) in [7, 11) is 0. The number of fused-ring (bicyclic) bond motifs is 1. The minimum Gasteiger partial charge on any atom is -0.367 e. The maximum atomic E-state index is 14.9. The van der Waals surface area contributed by atoms with Crippen LogP contribution < -0.4 is 4.90 Å². The Morgan fingerprint density at radius 3 is 2.57 bits per heavy atom. The Labute approximate surface area is 201 Å². The molecule has 3 aromatic heterocycles. The molecular formula is C26H26F2N6O. The quantitative estimate of drug-likeness (QED) is 0.409. The van der Waals surface area contributed by atoms with Crippen molar-refractivity contribution in [3.8, 4) is 11.3 Å². The van der Waals surface area contributed by atoms with Crippen LogP contribution in [0.3, 0.4) is 0 Å². The van der Waals surface area contributed by atoms with Gasteiger partial charge in [-0.05, 0) is 45.7 Å². The number of pyridine rings is 1. The van der Waals surface area contributed by atoms with Crippen molar-refractivity contribution in [1.29, 1.82) is 0 Å². The third kappa shape index (κ3) is 4.14. The number of rotatable bonds is 4. The second-order valence-corrected chi connectivity index (χ2v) is 9.54. The predicted octanol–water partition coefficient (Wildman–Crippen LogP) is 5.08. The fraction of sp³-hybridized carbons (Fsp3) is 0.385. The minimum absolute atomic E-state index is 0.0487. The van der Waals surface area contributed by atoms with Gasteiger partial charge in [0, 0.05) is 36.0 Å². The van der Waals surface area contributed by atoms with Crippen molar-refractivity contribution in [3.63, 3.8) is 0 Å². The number of halogens is 2. The molecule has 4 aromatic rings. The van der Waals surface area contributed by atoms with Crippen molar-refractivity contribution in [2.24, 2.45) is 0 Å². The third-order valence-corrected chi connectivity index (χ3v) is 6.74. The van der Waals surface area contributed by atoms with Crippen molar-refractivity contribution in [2.75, 3.05) is 18.0 Å². The van der Waals surface area contributed by atoms with Crippen LogP contribution in [-0.2, 0) is 4.74 Å². The number of hydrogen-bond donors (Lipinski definition) is 0. The highest BCUT2D eigenvalue weighted by molar-refractivity contribution is 5.91. The molecule has 1 saturated carbocycles. The third-order valence-electron chi connectivity index (χ3n) is 6.74. The molecule has 1 unspecified atom stereocenters. The summed E-state index contributed by atoms with van der Waals surface area (Å²) in [6.07, 6.45) is 6.07. The van der Waals surface area contributed by atoms with E-state index < -0.39 is 11.6 Å². The van der Waals surface area contributed by atoms with Gasteiger partial charge < -0.3 is 9.64 Å². The van der Waals surface area contributed by atoms with Gasteiger partial charge in [0.25, 0.3) is 0 Å². The lowest BCUT2D eigenvalue weighted by atomic mass is 10.1. The summed E-state index contributed by atoms with van der Waals surface area (Å²) in [6, 6.07) is 5.90. The SMILES string of the molecule is Cc1nc2cc(N3CC(C)O[C@H](c4cnn(C5CC5)c4)C3)nc(-c3ccc(F)cc3F)c2nc1C. The summed E-state index contributed by atoms with van der Waals surface area (Å²) < 4.78 is 36.8. The highest BCUT2D eigenvalue weighted by Crippen LogP contribution is 2.37. The number of morpholine rings is 1. The van der Waals surface area contributed by atoms with E-state index in [0.29, 0.717) is 41.7 Å². The molecular weight excluding hydrogens is 450 g/mol. The van der Waals surface area contributed by atoms with Crippen LogP contribution in [0.25, 0.3) is 22.3 Å². The molecule has 0 amide bonds. The van der Waals surface area contributed by atoms with Crippen LogP contribution in [0, 0.1) is 25.5 Å². The lowest BCUT2D eigenvalue weighted by Gasteiger charge is -2.37. The number of aryl methyl sites for hydroxylation is 2. The summed E-state index contributed by atoms with van der Waals surface area (Å²) >= 11 is 0. The topological polar surface area (TPSA) is 69.0 Å². The van der Waals surface area contributed by atoms with E-state index in [1.807, 2.05) is 37.7 Å². The van der Waals surface area contributed by atoms with Gasteiger partial charge >= 0.3 is 0 Å². The van der Waals surface area contributed by atoms with Crippen molar-refractivity contribution in [3.05, 3.63) is 65.2 Å². The van der Waals surface area contributed by atoms with Crippen molar-refractivity contribution in [1.82, 2.24) is 24.7 Å². The molecule has 35 heavy (non-hydrogen) atoms. The lowest BCUT2D eigenvalue weighted by Crippen LogP contribution is -2.43. The molecule has 2 fully saturated rings. The normalized spacial score (nSPS) is 20.5. The van der Waals surface area contributed by atoms with Crippen molar-refractivity contribution in [2.45, 2.75) is 51.9 Å². The van der Waals surface area contributed by atoms with Crippen molar-refractivity contribution >= 4 is 16.9 Å². The van der Waals surface area contributed by atoms with Gasteiger partial charge in [-0.25, -0.2) is 23.7 Å². The number of nitrogens with zero attached hydrogens (tertiary/aromatic N) is 6. The van der Waals surface area contributed by atoms with Crippen LogP contribution in [0.15, 0.2) is 36.7 Å². The molecule has 1 aliphatic heterocycles. The maximum Gasteiger partial charge on any atom is 0.135 e. The molecule has 9 heteroatoms. The standard InChI is InChI=1S/C26H26F2N6O/c1-14-11-33(13-23(35-14)17-10-29-34(12-17)19-5-6-19)24-9-22-26(31-16(3)15(2)30-22)25(32-24)20-7-4-18(27)8-21(20)28/h4,7-10,12,14,19,23H,5-6,11,13H2,1-3H3/t14?,23-/m0/s1. The zero-order chi connectivity index (χ0) is 24.3. The first kappa shape index (κ1) is 22.0. The van der Waals surface area contributed by atoms with E-state index in [1.54, 1.807) is 0 Å². The number of hydrogen-bond acceptors (Lipinski definition) is 6. The Morgan fingerprint density at radius 2 is 1.80 bits per heavy atom. The smallest absolute Gasteiger partial charge is 0.135 e. The Kier molecular flexibility index (Phi) is 5.25. The zero-order valence-corrected chi connectivity index (χ0v) is 19.9. The van der Waals surface area contributed by atoms with Gasteiger partial charge in [0.05, 0.1) is 41.8 Å². The Bertz CT molecular complexity index is 1430. The fourth-order valence-electron chi connectivity index (χ4n) is 4.63. The zero-order valence-electron chi connectivity index (χ0n) is 19.9. The van der Waals surface area contributed by atoms with Crippen LogP contribution in [-0.4, -0.2) is 43.9 Å². The van der Waals surface area contributed by atoms with E-state index in [0.717, 1.165) is 23.0 Å². The molecule has 0 radical (unpaired) electrons. The Hall–Kier alpha value is -3.46. The molecule has 0 N–H and O–H groups in total. The van der Waals surface area contributed by atoms with Gasteiger partial charge in [-0.1, -0.05) is 0 Å². The molecule has 180 valence electrons.